The van der Waals surface area contributed by atoms with Gasteiger partial charge in [-0.2, -0.15) is 0 Å². The predicted molar refractivity (Wildman–Crippen MR) is 73.4 cm³/mol. The molecule has 0 aliphatic rings. The Labute approximate surface area is 108 Å². The first-order chi connectivity index (χ1) is 7.25. The Morgan fingerprint density at radius 3 is 2.53 bits per heavy atom. The summed E-state index contributed by atoms with van der Waals surface area (Å²) in [6, 6.07) is 16.5. The van der Waals surface area contributed by atoms with Crippen LogP contribution in [0.1, 0.15) is 11.1 Å². The molecule has 0 aliphatic carbocycles. The van der Waals surface area contributed by atoms with Gasteiger partial charge in [0.15, 0.2) is 0 Å². The predicted octanol–water partition coefficient (Wildman–Crippen LogP) is 4.54. The SMILES string of the molecule is Clc1ccccc1Cc1cccc(I)c1. The summed E-state index contributed by atoms with van der Waals surface area (Å²) in [4.78, 5) is 0. The number of benzene rings is 2. The Morgan fingerprint density at radius 1 is 1.00 bits per heavy atom. The molecule has 2 rings (SSSR count). The van der Waals surface area contributed by atoms with Crippen molar-refractivity contribution in [2.45, 2.75) is 6.42 Å². The summed E-state index contributed by atoms with van der Waals surface area (Å²) in [5.74, 6) is 0. The standard InChI is InChI=1S/C13H10ClI/c14-13-7-2-1-5-11(13)8-10-4-3-6-12(15)9-10/h1-7,9H,8H2. The smallest absolute Gasteiger partial charge is 0.0441 e. The first-order valence-electron chi connectivity index (χ1n) is 4.73. The van der Waals surface area contributed by atoms with Crippen molar-refractivity contribution < 1.29 is 0 Å². The van der Waals surface area contributed by atoms with Crippen molar-refractivity contribution in [3.8, 4) is 0 Å². The lowest BCUT2D eigenvalue weighted by Gasteiger charge is -2.04. The average Bonchev–Trinajstić information content (AvgIpc) is 2.22. The molecule has 2 heteroatoms. The van der Waals surface area contributed by atoms with Gasteiger partial charge in [-0.25, -0.2) is 0 Å². The second-order valence-corrected chi connectivity index (χ2v) is 5.05. The van der Waals surface area contributed by atoms with Crippen LogP contribution < -0.4 is 0 Å². The van der Waals surface area contributed by atoms with Gasteiger partial charge in [0.25, 0.3) is 0 Å². The van der Waals surface area contributed by atoms with E-state index in [4.69, 9.17) is 11.6 Å². The topological polar surface area (TPSA) is 0 Å². The van der Waals surface area contributed by atoms with E-state index in [1.807, 2.05) is 18.2 Å². The van der Waals surface area contributed by atoms with Gasteiger partial charge in [-0.3, -0.25) is 0 Å². The van der Waals surface area contributed by atoms with Gasteiger partial charge < -0.3 is 0 Å². The molecule has 0 spiro atoms. The van der Waals surface area contributed by atoms with E-state index in [0.717, 1.165) is 11.4 Å². The molecular formula is C13H10ClI. The molecule has 0 unspecified atom stereocenters. The highest BCUT2D eigenvalue weighted by atomic mass is 127. The maximum atomic E-state index is 6.11. The van der Waals surface area contributed by atoms with Crippen LogP contribution in [0, 0.1) is 3.57 Å². The van der Waals surface area contributed by atoms with Gasteiger partial charge in [0.1, 0.15) is 0 Å². The van der Waals surface area contributed by atoms with Crippen LogP contribution in [-0.2, 0) is 6.42 Å². The number of hydrogen-bond donors (Lipinski definition) is 0. The molecule has 0 aromatic heterocycles. The number of hydrogen-bond acceptors (Lipinski definition) is 0. The maximum absolute atomic E-state index is 6.11. The largest absolute Gasteiger partial charge is 0.0840 e. The molecule has 15 heavy (non-hydrogen) atoms. The second-order valence-electron chi connectivity index (χ2n) is 3.40. The van der Waals surface area contributed by atoms with Gasteiger partial charge in [-0.1, -0.05) is 41.9 Å². The van der Waals surface area contributed by atoms with Crippen molar-refractivity contribution in [3.05, 3.63) is 68.3 Å². The van der Waals surface area contributed by atoms with Crippen molar-refractivity contribution in [3.63, 3.8) is 0 Å². The molecule has 0 atom stereocenters. The van der Waals surface area contributed by atoms with Gasteiger partial charge in [0, 0.05) is 8.59 Å². The van der Waals surface area contributed by atoms with E-state index in [9.17, 15) is 0 Å². The highest BCUT2D eigenvalue weighted by Crippen LogP contribution is 2.19. The zero-order chi connectivity index (χ0) is 10.7. The van der Waals surface area contributed by atoms with Crippen LogP contribution in [0.3, 0.4) is 0 Å². The second kappa shape index (κ2) is 4.99. The molecule has 0 N–H and O–H groups in total. The highest BCUT2D eigenvalue weighted by Gasteiger charge is 2.00. The fraction of sp³-hybridized carbons (Fsp3) is 0.0769. The van der Waals surface area contributed by atoms with Crippen LogP contribution in [0.4, 0.5) is 0 Å². The molecule has 0 fully saturated rings. The third-order valence-corrected chi connectivity index (χ3v) is 3.28. The van der Waals surface area contributed by atoms with Crippen LogP contribution in [0.15, 0.2) is 48.5 Å². The van der Waals surface area contributed by atoms with E-state index < -0.39 is 0 Å². The Morgan fingerprint density at radius 2 is 1.80 bits per heavy atom. The van der Waals surface area contributed by atoms with Gasteiger partial charge in [-0.05, 0) is 58.3 Å². The fourth-order valence-electron chi connectivity index (χ4n) is 1.51. The van der Waals surface area contributed by atoms with Crippen LogP contribution >= 0.6 is 34.2 Å². The molecule has 0 nitrogen and oxygen atoms in total. The molecule has 2 aromatic rings. The van der Waals surface area contributed by atoms with Gasteiger partial charge in [0.2, 0.25) is 0 Å². The lowest BCUT2D eigenvalue weighted by molar-refractivity contribution is 1.19. The average molecular weight is 329 g/mol. The number of rotatable bonds is 2. The quantitative estimate of drug-likeness (QED) is 0.710. The summed E-state index contributed by atoms with van der Waals surface area (Å²) in [7, 11) is 0. The van der Waals surface area contributed by atoms with E-state index in [1.54, 1.807) is 0 Å². The normalized spacial score (nSPS) is 10.3. The zero-order valence-electron chi connectivity index (χ0n) is 8.08. The monoisotopic (exact) mass is 328 g/mol. The minimum Gasteiger partial charge on any atom is -0.0840 e. The summed E-state index contributed by atoms with van der Waals surface area (Å²) in [6.07, 6.45) is 0.899. The Balaban J connectivity index is 2.26. The van der Waals surface area contributed by atoms with E-state index in [2.05, 4.69) is 52.9 Å². The van der Waals surface area contributed by atoms with Crippen molar-refractivity contribution in [2.75, 3.05) is 0 Å². The molecule has 0 amide bonds. The summed E-state index contributed by atoms with van der Waals surface area (Å²) in [5.41, 5.74) is 2.48. The van der Waals surface area contributed by atoms with E-state index in [1.165, 1.54) is 14.7 Å². The molecule has 0 bridgehead atoms. The molecule has 0 radical (unpaired) electrons. The molecule has 2 aromatic carbocycles. The molecule has 76 valence electrons. The Kier molecular flexibility index (Phi) is 3.65. The van der Waals surface area contributed by atoms with Crippen LogP contribution in [-0.4, -0.2) is 0 Å². The van der Waals surface area contributed by atoms with Gasteiger partial charge >= 0.3 is 0 Å². The van der Waals surface area contributed by atoms with Crippen molar-refractivity contribution >= 4 is 34.2 Å². The minimum atomic E-state index is 0.844. The summed E-state index contributed by atoms with van der Waals surface area (Å²) < 4.78 is 1.26. The summed E-state index contributed by atoms with van der Waals surface area (Å²) in [5, 5.41) is 0.844. The van der Waals surface area contributed by atoms with Crippen molar-refractivity contribution in [1.29, 1.82) is 0 Å². The fourth-order valence-corrected chi connectivity index (χ4v) is 2.32. The zero-order valence-corrected chi connectivity index (χ0v) is 11.0. The number of halogens is 2. The first-order valence-corrected chi connectivity index (χ1v) is 6.19. The van der Waals surface area contributed by atoms with Crippen molar-refractivity contribution in [2.24, 2.45) is 0 Å². The minimum absolute atomic E-state index is 0.844. The summed E-state index contributed by atoms with van der Waals surface area (Å²) >= 11 is 8.44. The van der Waals surface area contributed by atoms with Gasteiger partial charge in [-0.15, -0.1) is 0 Å². The molecule has 0 saturated carbocycles. The maximum Gasteiger partial charge on any atom is 0.0441 e. The highest BCUT2D eigenvalue weighted by molar-refractivity contribution is 14.1. The molecular weight excluding hydrogens is 318 g/mol. The Hall–Kier alpha value is -0.540. The lowest BCUT2D eigenvalue weighted by atomic mass is 10.1. The lowest BCUT2D eigenvalue weighted by Crippen LogP contribution is -1.89. The van der Waals surface area contributed by atoms with E-state index in [0.29, 0.717) is 0 Å². The summed E-state index contributed by atoms with van der Waals surface area (Å²) in [6.45, 7) is 0. The first kappa shape index (κ1) is 11.0. The van der Waals surface area contributed by atoms with Crippen LogP contribution in [0.5, 0.6) is 0 Å². The van der Waals surface area contributed by atoms with Crippen LogP contribution in [0.2, 0.25) is 5.02 Å². The van der Waals surface area contributed by atoms with E-state index in [-0.39, 0.29) is 0 Å². The van der Waals surface area contributed by atoms with E-state index >= 15 is 0 Å². The molecule has 0 aliphatic heterocycles. The molecule has 0 saturated heterocycles. The van der Waals surface area contributed by atoms with Crippen LogP contribution in [0.25, 0.3) is 0 Å². The van der Waals surface area contributed by atoms with Crippen molar-refractivity contribution in [1.82, 2.24) is 0 Å². The third kappa shape index (κ3) is 2.95. The Bertz CT molecular complexity index is 466. The third-order valence-electron chi connectivity index (χ3n) is 2.24. The van der Waals surface area contributed by atoms with Gasteiger partial charge in [0.05, 0.1) is 0 Å². The molecule has 0 heterocycles.